The van der Waals surface area contributed by atoms with Crippen LogP contribution in [0.25, 0.3) is 77.3 Å². The molecule has 3 heteroatoms. The Kier molecular flexibility index (Phi) is 4.67. The Balaban J connectivity index is 1.27. The fourth-order valence-corrected chi connectivity index (χ4v) is 7.15. The third kappa shape index (κ3) is 3.16. The number of hydrogen-bond acceptors (Lipinski definition) is 3. The van der Waals surface area contributed by atoms with Gasteiger partial charge in [0.05, 0.1) is 5.52 Å². The molecule has 0 atom stereocenters. The zero-order valence-electron chi connectivity index (χ0n) is 23.3. The largest absolute Gasteiger partial charge is 0.456 e. The van der Waals surface area contributed by atoms with Gasteiger partial charge in [-0.25, -0.2) is 9.97 Å². The number of para-hydroxylation sites is 2. The van der Waals surface area contributed by atoms with Crippen molar-refractivity contribution in [1.82, 2.24) is 9.97 Å². The van der Waals surface area contributed by atoms with Crippen LogP contribution in [-0.2, 0) is 5.41 Å². The molecule has 0 aliphatic heterocycles. The highest BCUT2D eigenvalue weighted by atomic mass is 16.3. The van der Waals surface area contributed by atoms with Gasteiger partial charge in [0.2, 0.25) is 0 Å². The molecule has 42 heavy (non-hydrogen) atoms. The van der Waals surface area contributed by atoms with Crippen molar-refractivity contribution in [2.45, 2.75) is 19.3 Å². The van der Waals surface area contributed by atoms with Gasteiger partial charge in [-0.05, 0) is 74.5 Å². The molecule has 0 bridgehead atoms. The van der Waals surface area contributed by atoms with Crippen LogP contribution in [0.5, 0.6) is 0 Å². The smallest absolute Gasteiger partial charge is 0.160 e. The van der Waals surface area contributed by atoms with Crippen molar-refractivity contribution < 1.29 is 4.42 Å². The Morgan fingerprint density at radius 2 is 1.24 bits per heavy atom. The topological polar surface area (TPSA) is 38.9 Å². The van der Waals surface area contributed by atoms with Gasteiger partial charge in [-0.15, -0.1) is 0 Å². The van der Waals surface area contributed by atoms with Crippen molar-refractivity contribution in [2.75, 3.05) is 0 Å². The van der Waals surface area contributed by atoms with Gasteiger partial charge in [0.15, 0.2) is 5.82 Å². The molecule has 0 N–H and O–H groups in total. The Morgan fingerprint density at radius 1 is 0.548 bits per heavy atom. The van der Waals surface area contributed by atoms with E-state index in [4.69, 9.17) is 14.4 Å². The summed E-state index contributed by atoms with van der Waals surface area (Å²) in [6.45, 7) is 4.68. The minimum absolute atomic E-state index is 0.199. The summed E-state index contributed by atoms with van der Waals surface area (Å²) in [7, 11) is 0. The van der Waals surface area contributed by atoms with Crippen molar-refractivity contribution >= 4 is 43.6 Å². The van der Waals surface area contributed by atoms with Crippen LogP contribution >= 0.6 is 0 Å². The van der Waals surface area contributed by atoms with Crippen molar-refractivity contribution in [2.24, 2.45) is 0 Å². The van der Waals surface area contributed by atoms with Gasteiger partial charge in [-0.1, -0.05) is 98.8 Å². The van der Waals surface area contributed by atoms with Crippen molar-refractivity contribution in [1.29, 1.82) is 0 Å². The molecule has 9 rings (SSSR count). The van der Waals surface area contributed by atoms with Crippen LogP contribution in [0.3, 0.4) is 0 Å². The van der Waals surface area contributed by atoms with Crippen molar-refractivity contribution in [3.05, 3.63) is 133 Å². The van der Waals surface area contributed by atoms with E-state index >= 15 is 0 Å². The molecule has 6 aromatic carbocycles. The molecule has 0 fully saturated rings. The molecule has 8 aromatic rings. The Bertz CT molecular complexity index is 2400. The summed E-state index contributed by atoms with van der Waals surface area (Å²) in [6, 6.07) is 40.9. The van der Waals surface area contributed by atoms with E-state index in [1.807, 2.05) is 30.5 Å². The quantitative estimate of drug-likeness (QED) is 0.220. The van der Waals surface area contributed by atoms with Gasteiger partial charge in [0.1, 0.15) is 11.2 Å². The van der Waals surface area contributed by atoms with E-state index < -0.39 is 0 Å². The third-order valence-electron chi connectivity index (χ3n) is 9.11. The van der Waals surface area contributed by atoms with Crippen LogP contribution in [0.2, 0.25) is 0 Å². The Labute approximate surface area is 243 Å². The standard InChI is InChI=1S/C39H26N2O/c1-39(2)33-21-36-32(27-13-6-8-17-35(27)42-36)20-31(33)29-15-9-14-28(37(29)39)26-18-19-30(25-12-5-4-11-24(25)26)38-40-22-23-10-3-7-16-34(23)41-38/h3-22H,1-2H3. The SMILES string of the molecule is CC1(C)c2cc3oc4ccccc4c3cc2-c2cccc(-c3ccc(-c4ncc5ccccc5n4)c4ccccc34)c21. The highest BCUT2D eigenvalue weighted by molar-refractivity contribution is 6.09. The molecule has 2 heterocycles. The normalized spacial score (nSPS) is 13.7. The van der Waals surface area contributed by atoms with Gasteiger partial charge in [0.25, 0.3) is 0 Å². The van der Waals surface area contributed by atoms with Crippen LogP contribution < -0.4 is 0 Å². The number of hydrogen-bond donors (Lipinski definition) is 0. The zero-order chi connectivity index (χ0) is 28.0. The van der Waals surface area contributed by atoms with Crippen molar-refractivity contribution in [3.8, 4) is 33.6 Å². The first-order valence-corrected chi connectivity index (χ1v) is 14.4. The number of nitrogens with zero attached hydrogens (tertiary/aromatic N) is 2. The van der Waals surface area contributed by atoms with Gasteiger partial charge in [0, 0.05) is 33.3 Å². The molecule has 198 valence electrons. The monoisotopic (exact) mass is 538 g/mol. The molecule has 0 spiro atoms. The maximum absolute atomic E-state index is 6.31. The zero-order valence-corrected chi connectivity index (χ0v) is 23.3. The second-order valence-electron chi connectivity index (χ2n) is 11.8. The maximum Gasteiger partial charge on any atom is 0.160 e. The van der Waals surface area contributed by atoms with Gasteiger partial charge in [-0.2, -0.15) is 0 Å². The molecule has 3 nitrogen and oxygen atoms in total. The molecular formula is C39H26N2O. The van der Waals surface area contributed by atoms with Crippen molar-refractivity contribution in [3.63, 3.8) is 0 Å². The summed E-state index contributed by atoms with van der Waals surface area (Å²) in [5.74, 6) is 0.747. The summed E-state index contributed by atoms with van der Waals surface area (Å²) in [5.41, 5.74) is 11.4. The van der Waals surface area contributed by atoms with E-state index in [-0.39, 0.29) is 5.41 Å². The molecule has 0 unspecified atom stereocenters. The molecular weight excluding hydrogens is 512 g/mol. The summed E-state index contributed by atoms with van der Waals surface area (Å²) in [5, 5.41) is 5.73. The van der Waals surface area contributed by atoms with Crippen LogP contribution in [-0.4, -0.2) is 9.97 Å². The van der Waals surface area contributed by atoms with Gasteiger partial charge in [-0.3, -0.25) is 0 Å². The van der Waals surface area contributed by atoms with Crippen LogP contribution in [0.4, 0.5) is 0 Å². The average Bonchev–Trinajstić information content (AvgIpc) is 3.51. The van der Waals surface area contributed by atoms with E-state index in [0.29, 0.717) is 0 Å². The first kappa shape index (κ1) is 23.4. The second-order valence-corrected chi connectivity index (χ2v) is 11.8. The average molecular weight is 539 g/mol. The minimum Gasteiger partial charge on any atom is -0.456 e. The highest BCUT2D eigenvalue weighted by Gasteiger charge is 2.38. The van der Waals surface area contributed by atoms with Crippen LogP contribution in [0, 0.1) is 0 Å². The number of aromatic nitrogens is 2. The van der Waals surface area contributed by atoms with E-state index in [0.717, 1.165) is 44.2 Å². The predicted molar refractivity (Wildman–Crippen MR) is 173 cm³/mol. The predicted octanol–water partition coefficient (Wildman–Crippen LogP) is 10.3. The molecule has 0 radical (unpaired) electrons. The lowest BCUT2D eigenvalue weighted by atomic mass is 9.78. The van der Waals surface area contributed by atoms with E-state index in [1.54, 1.807) is 0 Å². The number of benzene rings is 6. The fraction of sp³-hybridized carbons (Fsp3) is 0.0769. The second kappa shape index (κ2) is 8.37. The fourth-order valence-electron chi connectivity index (χ4n) is 7.15. The van der Waals surface area contributed by atoms with Crippen LogP contribution in [0.1, 0.15) is 25.0 Å². The molecule has 0 saturated carbocycles. The van der Waals surface area contributed by atoms with E-state index in [9.17, 15) is 0 Å². The lowest BCUT2D eigenvalue weighted by molar-refractivity contribution is 0.648. The molecule has 1 aliphatic rings. The lowest BCUT2D eigenvalue weighted by Crippen LogP contribution is -2.16. The molecule has 2 aromatic heterocycles. The molecule has 0 saturated heterocycles. The van der Waals surface area contributed by atoms with Crippen LogP contribution in [0.15, 0.2) is 126 Å². The minimum atomic E-state index is -0.199. The maximum atomic E-state index is 6.31. The third-order valence-corrected chi connectivity index (χ3v) is 9.11. The first-order valence-electron chi connectivity index (χ1n) is 14.4. The Hall–Kier alpha value is -5.28. The van der Waals surface area contributed by atoms with E-state index in [1.165, 1.54) is 44.2 Å². The summed E-state index contributed by atoms with van der Waals surface area (Å²) < 4.78 is 6.31. The number of fused-ring (bicyclic) bond motifs is 8. The van der Waals surface area contributed by atoms with Gasteiger partial charge >= 0.3 is 0 Å². The lowest BCUT2D eigenvalue weighted by Gasteiger charge is -2.25. The molecule has 0 amide bonds. The van der Waals surface area contributed by atoms with Gasteiger partial charge < -0.3 is 4.42 Å². The molecule has 1 aliphatic carbocycles. The highest BCUT2D eigenvalue weighted by Crippen LogP contribution is 2.54. The summed E-state index contributed by atoms with van der Waals surface area (Å²) >= 11 is 0. The first-order chi connectivity index (χ1) is 20.6. The number of furan rings is 1. The Morgan fingerprint density at radius 3 is 2.10 bits per heavy atom. The van der Waals surface area contributed by atoms with E-state index in [2.05, 4.69) is 105 Å². The summed E-state index contributed by atoms with van der Waals surface area (Å²) in [6.07, 6.45) is 1.92. The summed E-state index contributed by atoms with van der Waals surface area (Å²) in [4.78, 5) is 9.69. The number of rotatable bonds is 2.